The molecule has 0 unspecified atom stereocenters. The van der Waals surface area contributed by atoms with E-state index in [1.54, 1.807) is 24.3 Å². The Bertz CT molecular complexity index is 629. The first-order valence-electron chi connectivity index (χ1n) is 6.24. The lowest BCUT2D eigenvalue weighted by Gasteiger charge is -2.30. The number of nitrogens with zero attached hydrogens (tertiary/aromatic N) is 1. The molecule has 2 rings (SSSR count). The van der Waals surface area contributed by atoms with Crippen molar-refractivity contribution < 1.29 is 9.21 Å². The van der Waals surface area contributed by atoms with Crippen LogP contribution in [-0.4, -0.2) is 16.5 Å². The van der Waals surface area contributed by atoms with Gasteiger partial charge >= 0.3 is 5.91 Å². The summed E-state index contributed by atoms with van der Waals surface area (Å²) in [6.45, 7) is 5.56. The summed E-state index contributed by atoms with van der Waals surface area (Å²) in [6.07, 6.45) is 0. The fourth-order valence-corrected chi connectivity index (χ4v) is 1.86. The van der Waals surface area contributed by atoms with Gasteiger partial charge in [0, 0.05) is 10.6 Å². The maximum atomic E-state index is 12.2. The van der Waals surface area contributed by atoms with E-state index in [1.165, 1.54) is 0 Å². The third-order valence-electron chi connectivity index (χ3n) is 2.87. The van der Waals surface area contributed by atoms with E-state index in [0.29, 0.717) is 10.8 Å². The third kappa shape index (κ3) is 3.03. The van der Waals surface area contributed by atoms with Gasteiger partial charge in [-0.1, -0.05) is 23.7 Å². The number of nitrogens with two attached hydrogens (primary N) is 1. The highest BCUT2D eigenvalue weighted by atomic mass is 35.5. The second-order valence-electron chi connectivity index (χ2n) is 5.52. The average molecular weight is 293 g/mol. The number of benzene rings is 1. The van der Waals surface area contributed by atoms with Crippen LogP contribution in [0.2, 0.25) is 5.02 Å². The minimum Gasteiger partial charge on any atom is -0.451 e. The van der Waals surface area contributed by atoms with E-state index in [9.17, 15) is 4.79 Å². The average Bonchev–Trinajstić information content (AvgIpc) is 2.85. The van der Waals surface area contributed by atoms with Crippen molar-refractivity contribution >= 4 is 17.5 Å². The van der Waals surface area contributed by atoms with Crippen LogP contribution < -0.4 is 5.84 Å². The molecule has 106 valence electrons. The minimum atomic E-state index is -0.472. The predicted molar refractivity (Wildman–Crippen MR) is 79.3 cm³/mol. The van der Waals surface area contributed by atoms with Crippen molar-refractivity contribution in [2.45, 2.75) is 26.3 Å². The molecule has 0 fully saturated rings. The van der Waals surface area contributed by atoms with Crippen molar-refractivity contribution in [3.8, 4) is 11.3 Å². The van der Waals surface area contributed by atoms with E-state index >= 15 is 0 Å². The topological polar surface area (TPSA) is 59.5 Å². The molecule has 1 heterocycles. The van der Waals surface area contributed by atoms with Crippen LogP contribution in [0.4, 0.5) is 0 Å². The van der Waals surface area contributed by atoms with Crippen LogP contribution in [0.5, 0.6) is 0 Å². The van der Waals surface area contributed by atoms with E-state index in [2.05, 4.69) is 0 Å². The number of carbonyl (C=O) groups is 1. The Morgan fingerprint density at radius 2 is 1.95 bits per heavy atom. The van der Waals surface area contributed by atoms with Gasteiger partial charge in [-0.15, -0.1) is 0 Å². The van der Waals surface area contributed by atoms with Crippen molar-refractivity contribution in [3.05, 3.63) is 47.2 Å². The Morgan fingerprint density at radius 1 is 1.25 bits per heavy atom. The number of furan rings is 1. The number of halogens is 1. The van der Waals surface area contributed by atoms with Crippen LogP contribution in [0.3, 0.4) is 0 Å². The van der Waals surface area contributed by atoms with Crippen LogP contribution in [-0.2, 0) is 0 Å². The zero-order valence-electron chi connectivity index (χ0n) is 11.7. The van der Waals surface area contributed by atoms with Gasteiger partial charge in [-0.2, -0.15) is 0 Å². The Kier molecular flexibility index (Phi) is 3.88. The molecule has 0 aliphatic heterocycles. The maximum Gasteiger partial charge on any atom is 0.303 e. The smallest absolute Gasteiger partial charge is 0.303 e. The predicted octanol–water partition coefficient (Wildman–Crippen LogP) is 3.71. The third-order valence-corrected chi connectivity index (χ3v) is 3.10. The van der Waals surface area contributed by atoms with Gasteiger partial charge in [-0.25, -0.2) is 5.84 Å². The van der Waals surface area contributed by atoms with Gasteiger partial charge in [0.25, 0.3) is 0 Å². The van der Waals surface area contributed by atoms with Crippen molar-refractivity contribution in [2.75, 3.05) is 0 Å². The van der Waals surface area contributed by atoms with Crippen molar-refractivity contribution in [1.29, 1.82) is 0 Å². The Morgan fingerprint density at radius 3 is 2.55 bits per heavy atom. The second kappa shape index (κ2) is 5.31. The van der Waals surface area contributed by atoms with Crippen LogP contribution in [0.25, 0.3) is 11.3 Å². The quantitative estimate of drug-likeness (QED) is 0.521. The summed E-state index contributed by atoms with van der Waals surface area (Å²) < 4.78 is 5.57. The first-order chi connectivity index (χ1) is 9.29. The number of hydrogen-bond donors (Lipinski definition) is 1. The number of amides is 1. The standard InChI is InChI=1S/C15H17ClN2O2/c1-15(2,3)18(17)14(19)13-8-7-12(20-13)10-5-4-6-11(16)9-10/h4-9H,17H2,1-3H3. The van der Waals surface area contributed by atoms with Crippen molar-refractivity contribution in [3.63, 3.8) is 0 Å². The van der Waals surface area contributed by atoms with Crippen LogP contribution in [0.15, 0.2) is 40.8 Å². The maximum absolute atomic E-state index is 12.2. The molecule has 4 nitrogen and oxygen atoms in total. The van der Waals surface area contributed by atoms with E-state index in [-0.39, 0.29) is 11.7 Å². The Hall–Kier alpha value is -1.78. The molecule has 0 saturated heterocycles. The monoisotopic (exact) mass is 292 g/mol. The molecule has 0 radical (unpaired) electrons. The summed E-state index contributed by atoms with van der Waals surface area (Å²) in [5.41, 5.74) is 0.343. The van der Waals surface area contributed by atoms with Crippen molar-refractivity contribution in [2.24, 2.45) is 5.84 Å². The van der Waals surface area contributed by atoms with Crippen LogP contribution in [0.1, 0.15) is 31.3 Å². The number of hydrazine groups is 1. The van der Waals surface area contributed by atoms with Gasteiger partial charge in [-0.3, -0.25) is 9.80 Å². The fraction of sp³-hybridized carbons (Fsp3) is 0.267. The molecular formula is C15H17ClN2O2. The fourth-order valence-electron chi connectivity index (χ4n) is 1.67. The van der Waals surface area contributed by atoms with Gasteiger partial charge in [0.05, 0.1) is 5.54 Å². The summed E-state index contributed by atoms with van der Waals surface area (Å²) in [4.78, 5) is 12.2. The largest absolute Gasteiger partial charge is 0.451 e. The summed E-state index contributed by atoms with van der Waals surface area (Å²) in [6, 6.07) is 10.6. The normalized spacial score (nSPS) is 11.4. The summed E-state index contributed by atoms with van der Waals surface area (Å²) >= 11 is 5.94. The number of rotatable bonds is 2. The molecule has 1 aromatic heterocycles. The van der Waals surface area contributed by atoms with Gasteiger partial charge in [0.2, 0.25) is 0 Å². The van der Waals surface area contributed by atoms with E-state index < -0.39 is 5.54 Å². The molecule has 2 N–H and O–H groups in total. The molecular weight excluding hydrogens is 276 g/mol. The van der Waals surface area contributed by atoms with Gasteiger partial charge < -0.3 is 4.42 Å². The summed E-state index contributed by atoms with van der Waals surface area (Å²) in [5, 5.41) is 1.77. The van der Waals surface area contributed by atoms with Crippen LogP contribution in [0, 0.1) is 0 Å². The lowest BCUT2D eigenvalue weighted by Crippen LogP contribution is -2.50. The van der Waals surface area contributed by atoms with Crippen molar-refractivity contribution in [1.82, 2.24) is 5.01 Å². The zero-order chi connectivity index (χ0) is 14.9. The minimum absolute atomic E-state index is 0.206. The molecule has 0 saturated carbocycles. The highest BCUT2D eigenvalue weighted by Crippen LogP contribution is 2.25. The van der Waals surface area contributed by atoms with E-state index in [0.717, 1.165) is 10.6 Å². The highest BCUT2D eigenvalue weighted by molar-refractivity contribution is 6.30. The second-order valence-corrected chi connectivity index (χ2v) is 5.96. The first-order valence-corrected chi connectivity index (χ1v) is 6.62. The number of hydrogen-bond acceptors (Lipinski definition) is 3. The van der Waals surface area contributed by atoms with Gasteiger partial charge in [0.15, 0.2) is 5.76 Å². The van der Waals surface area contributed by atoms with E-state index in [1.807, 2.05) is 32.9 Å². The van der Waals surface area contributed by atoms with Crippen LogP contribution >= 0.6 is 11.6 Å². The number of carbonyl (C=O) groups excluding carboxylic acids is 1. The molecule has 0 bridgehead atoms. The highest BCUT2D eigenvalue weighted by Gasteiger charge is 2.26. The zero-order valence-corrected chi connectivity index (χ0v) is 12.4. The summed E-state index contributed by atoms with van der Waals surface area (Å²) in [7, 11) is 0. The summed E-state index contributed by atoms with van der Waals surface area (Å²) in [5.74, 6) is 6.23. The lowest BCUT2D eigenvalue weighted by atomic mass is 10.1. The van der Waals surface area contributed by atoms with Gasteiger partial charge in [0.1, 0.15) is 5.76 Å². The SMILES string of the molecule is CC(C)(C)N(N)C(=O)c1ccc(-c2cccc(Cl)c2)o1. The molecule has 0 atom stereocenters. The Balaban J connectivity index is 2.28. The van der Waals surface area contributed by atoms with E-state index in [4.69, 9.17) is 21.9 Å². The molecule has 0 aliphatic carbocycles. The molecule has 0 spiro atoms. The molecule has 2 aromatic rings. The Labute approximate surface area is 123 Å². The molecule has 20 heavy (non-hydrogen) atoms. The lowest BCUT2D eigenvalue weighted by molar-refractivity contribution is 0.0549. The molecule has 1 amide bonds. The molecule has 1 aromatic carbocycles. The first kappa shape index (κ1) is 14.6. The molecule has 5 heteroatoms. The molecule has 0 aliphatic rings. The van der Waals surface area contributed by atoms with Gasteiger partial charge in [-0.05, 0) is 45.0 Å².